The van der Waals surface area contributed by atoms with Crippen LogP contribution in [0.1, 0.15) is 34.1 Å². The van der Waals surface area contributed by atoms with Gasteiger partial charge >= 0.3 is 0 Å². The first kappa shape index (κ1) is 14.2. The van der Waals surface area contributed by atoms with Crippen molar-refractivity contribution in [2.75, 3.05) is 5.32 Å². The summed E-state index contributed by atoms with van der Waals surface area (Å²) < 4.78 is 3.30. The Labute approximate surface area is 128 Å². The number of amides is 1. The maximum atomic E-state index is 12.6. The van der Waals surface area contributed by atoms with E-state index < -0.39 is 0 Å². The van der Waals surface area contributed by atoms with Gasteiger partial charge in [0.15, 0.2) is 5.65 Å². The molecule has 0 saturated heterocycles. The molecule has 0 unspecified atom stereocenters. The molecule has 3 aromatic rings. The van der Waals surface area contributed by atoms with Gasteiger partial charge < -0.3 is 5.32 Å². The van der Waals surface area contributed by atoms with E-state index in [-0.39, 0.29) is 5.91 Å². The molecule has 3 heterocycles. The van der Waals surface area contributed by atoms with E-state index in [1.165, 1.54) is 6.20 Å². The summed E-state index contributed by atoms with van der Waals surface area (Å²) in [6, 6.07) is 0. The molecule has 22 heavy (non-hydrogen) atoms. The lowest BCUT2D eigenvalue weighted by Crippen LogP contribution is -2.15. The quantitative estimate of drug-likeness (QED) is 0.801. The Kier molecular flexibility index (Phi) is 3.40. The van der Waals surface area contributed by atoms with E-state index in [0.717, 1.165) is 29.1 Å². The molecule has 0 aliphatic heterocycles. The smallest absolute Gasteiger partial charge is 0.262 e. The fourth-order valence-corrected chi connectivity index (χ4v) is 2.58. The molecule has 1 amide bonds. The SMILES string of the molecule is CCc1c(C)nn(C)c1NC(=O)c1cnn2cc(C)cnc12. The van der Waals surface area contributed by atoms with Crippen LogP contribution in [0.5, 0.6) is 0 Å². The van der Waals surface area contributed by atoms with Crippen molar-refractivity contribution in [3.63, 3.8) is 0 Å². The molecule has 0 spiro atoms. The summed E-state index contributed by atoms with van der Waals surface area (Å²) in [5.41, 5.74) is 3.93. The highest BCUT2D eigenvalue weighted by Gasteiger charge is 2.18. The van der Waals surface area contributed by atoms with Crippen molar-refractivity contribution >= 4 is 17.4 Å². The zero-order valence-corrected chi connectivity index (χ0v) is 13.1. The van der Waals surface area contributed by atoms with E-state index in [4.69, 9.17) is 0 Å². The number of aryl methyl sites for hydroxylation is 3. The number of carbonyl (C=O) groups excluding carboxylic acids is 1. The minimum absolute atomic E-state index is 0.232. The van der Waals surface area contributed by atoms with Crippen molar-refractivity contribution in [2.45, 2.75) is 27.2 Å². The van der Waals surface area contributed by atoms with E-state index >= 15 is 0 Å². The maximum absolute atomic E-state index is 12.6. The predicted octanol–water partition coefficient (Wildman–Crippen LogP) is 1.89. The highest BCUT2D eigenvalue weighted by molar-refractivity contribution is 6.08. The summed E-state index contributed by atoms with van der Waals surface area (Å²) >= 11 is 0. The summed E-state index contributed by atoms with van der Waals surface area (Å²) in [5, 5.41) is 11.5. The monoisotopic (exact) mass is 298 g/mol. The number of nitrogens with one attached hydrogen (secondary N) is 1. The van der Waals surface area contributed by atoms with Crippen LogP contribution in [-0.4, -0.2) is 30.3 Å². The standard InChI is InChI=1S/C15H18N6O/c1-5-11-10(3)19-20(4)14(11)18-15(22)12-7-17-21-8-9(2)6-16-13(12)21/h6-8H,5H2,1-4H3,(H,18,22). The fourth-order valence-electron chi connectivity index (χ4n) is 2.58. The lowest BCUT2D eigenvalue weighted by Gasteiger charge is -2.07. The number of hydrogen-bond donors (Lipinski definition) is 1. The summed E-state index contributed by atoms with van der Waals surface area (Å²) in [4.78, 5) is 16.8. The van der Waals surface area contributed by atoms with E-state index in [1.807, 2.05) is 34.0 Å². The van der Waals surface area contributed by atoms with Gasteiger partial charge in [0.25, 0.3) is 5.91 Å². The van der Waals surface area contributed by atoms with Crippen LogP contribution >= 0.6 is 0 Å². The molecule has 0 atom stereocenters. The molecule has 0 aromatic carbocycles. The second-order valence-electron chi connectivity index (χ2n) is 5.30. The number of rotatable bonds is 3. The molecule has 0 radical (unpaired) electrons. The molecule has 0 aliphatic carbocycles. The average molecular weight is 298 g/mol. The minimum Gasteiger partial charge on any atom is -0.306 e. The zero-order valence-electron chi connectivity index (χ0n) is 13.1. The molecule has 114 valence electrons. The lowest BCUT2D eigenvalue weighted by atomic mass is 10.2. The molecular formula is C15H18N6O. The van der Waals surface area contributed by atoms with Gasteiger partial charge in [-0.2, -0.15) is 10.2 Å². The molecule has 3 aromatic heterocycles. The molecule has 0 fully saturated rings. The van der Waals surface area contributed by atoms with Crippen LogP contribution in [0, 0.1) is 13.8 Å². The van der Waals surface area contributed by atoms with Crippen molar-refractivity contribution in [3.8, 4) is 0 Å². The number of hydrogen-bond acceptors (Lipinski definition) is 4. The maximum Gasteiger partial charge on any atom is 0.262 e. The molecule has 1 N–H and O–H groups in total. The van der Waals surface area contributed by atoms with Crippen molar-refractivity contribution in [3.05, 3.63) is 41.0 Å². The Morgan fingerprint density at radius 3 is 2.82 bits per heavy atom. The molecule has 0 aliphatic rings. The Balaban J connectivity index is 1.97. The lowest BCUT2D eigenvalue weighted by molar-refractivity contribution is 0.102. The van der Waals surface area contributed by atoms with Gasteiger partial charge in [0.2, 0.25) is 0 Å². The largest absolute Gasteiger partial charge is 0.306 e. The molecular weight excluding hydrogens is 280 g/mol. The van der Waals surface area contributed by atoms with Gasteiger partial charge in [0, 0.05) is 25.0 Å². The molecule has 0 bridgehead atoms. The number of carbonyl (C=O) groups is 1. The molecule has 7 nitrogen and oxygen atoms in total. The van der Waals surface area contributed by atoms with Crippen LogP contribution in [0.4, 0.5) is 5.82 Å². The molecule has 7 heteroatoms. The van der Waals surface area contributed by atoms with E-state index in [2.05, 4.69) is 20.5 Å². The number of aromatic nitrogens is 5. The van der Waals surface area contributed by atoms with Crippen LogP contribution in [0.25, 0.3) is 5.65 Å². The molecule has 0 saturated carbocycles. The normalized spacial score (nSPS) is 11.1. The third-order valence-corrected chi connectivity index (χ3v) is 3.66. The van der Waals surface area contributed by atoms with Crippen LogP contribution in [0.3, 0.4) is 0 Å². The summed E-state index contributed by atoms with van der Waals surface area (Å²) in [7, 11) is 1.82. The number of fused-ring (bicyclic) bond motifs is 1. The highest BCUT2D eigenvalue weighted by atomic mass is 16.1. The fraction of sp³-hybridized carbons (Fsp3) is 0.333. The summed E-state index contributed by atoms with van der Waals surface area (Å²) in [5.74, 6) is 0.487. The van der Waals surface area contributed by atoms with Crippen molar-refractivity contribution in [1.82, 2.24) is 24.4 Å². The van der Waals surface area contributed by atoms with Gasteiger partial charge in [0.1, 0.15) is 11.4 Å². The minimum atomic E-state index is -0.232. The Morgan fingerprint density at radius 1 is 1.32 bits per heavy atom. The first-order valence-corrected chi connectivity index (χ1v) is 7.15. The third-order valence-electron chi connectivity index (χ3n) is 3.66. The Bertz CT molecular complexity index is 860. The first-order valence-electron chi connectivity index (χ1n) is 7.15. The average Bonchev–Trinajstić information content (AvgIpc) is 3.00. The van der Waals surface area contributed by atoms with Crippen molar-refractivity contribution in [2.24, 2.45) is 7.05 Å². The second kappa shape index (κ2) is 5.25. The first-order chi connectivity index (χ1) is 10.5. The third kappa shape index (κ3) is 2.24. The van der Waals surface area contributed by atoms with E-state index in [1.54, 1.807) is 15.4 Å². The number of nitrogens with zero attached hydrogens (tertiary/aromatic N) is 5. The highest BCUT2D eigenvalue weighted by Crippen LogP contribution is 2.20. The van der Waals surface area contributed by atoms with Crippen molar-refractivity contribution in [1.29, 1.82) is 0 Å². The van der Waals surface area contributed by atoms with Crippen LogP contribution in [0.2, 0.25) is 0 Å². The Hall–Kier alpha value is -2.70. The van der Waals surface area contributed by atoms with Crippen LogP contribution in [-0.2, 0) is 13.5 Å². The second-order valence-corrected chi connectivity index (χ2v) is 5.30. The summed E-state index contributed by atoms with van der Waals surface area (Å²) in [6.45, 7) is 5.91. The van der Waals surface area contributed by atoms with Gasteiger partial charge in [-0.25, -0.2) is 9.50 Å². The van der Waals surface area contributed by atoms with Gasteiger partial charge in [-0.1, -0.05) is 6.92 Å². The molecule has 3 rings (SSSR count). The van der Waals surface area contributed by atoms with Crippen LogP contribution in [0.15, 0.2) is 18.6 Å². The predicted molar refractivity (Wildman–Crippen MR) is 83.0 cm³/mol. The van der Waals surface area contributed by atoms with Gasteiger partial charge in [-0.15, -0.1) is 0 Å². The zero-order chi connectivity index (χ0) is 15.9. The van der Waals surface area contributed by atoms with E-state index in [9.17, 15) is 4.79 Å². The van der Waals surface area contributed by atoms with Crippen LogP contribution < -0.4 is 5.32 Å². The topological polar surface area (TPSA) is 77.1 Å². The Morgan fingerprint density at radius 2 is 2.09 bits per heavy atom. The van der Waals surface area contributed by atoms with Crippen molar-refractivity contribution < 1.29 is 4.79 Å². The summed E-state index contributed by atoms with van der Waals surface area (Å²) in [6.07, 6.45) is 5.90. The number of anilines is 1. The van der Waals surface area contributed by atoms with Gasteiger partial charge in [-0.3, -0.25) is 9.48 Å². The van der Waals surface area contributed by atoms with E-state index in [0.29, 0.717) is 11.2 Å². The van der Waals surface area contributed by atoms with Gasteiger partial charge in [0.05, 0.1) is 11.9 Å². The van der Waals surface area contributed by atoms with Gasteiger partial charge in [-0.05, 0) is 25.8 Å².